The van der Waals surface area contributed by atoms with Crippen molar-refractivity contribution in [2.24, 2.45) is 0 Å². The van der Waals surface area contributed by atoms with Gasteiger partial charge in [-0.1, -0.05) is 42.5 Å². The first-order valence-corrected chi connectivity index (χ1v) is 7.90. The lowest BCUT2D eigenvalue weighted by atomic mass is 10.1. The van der Waals surface area contributed by atoms with E-state index in [4.69, 9.17) is 0 Å². The van der Waals surface area contributed by atoms with Crippen molar-refractivity contribution < 1.29 is 0 Å². The molecule has 2 heterocycles. The highest BCUT2D eigenvalue weighted by atomic mass is 16.1. The Labute approximate surface area is 139 Å². The van der Waals surface area contributed by atoms with Gasteiger partial charge in [-0.2, -0.15) is 5.10 Å². The highest BCUT2D eigenvalue weighted by Gasteiger charge is 2.06. The number of benzene rings is 2. The topological polar surface area (TPSA) is 50.7 Å². The van der Waals surface area contributed by atoms with Gasteiger partial charge in [0, 0.05) is 17.6 Å². The molecule has 4 rings (SSSR count). The van der Waals surface area contributed by atoms with Crippen LogP contribution < -0.4 is 5.56 Å². The number of hydrogen-bond donors (Lipinski definition) is 1. The van der Waals surface area contributed by atoms with E-state index in [1.807, 2.05) is 49.5 Å². The van der Waals surface area contributed by atoms with Gasteiger partial charge >= 0.3 is 0 Å². The number of aryl methyl sites for hydroxylation is 1. The van der Waals surface area contributed by atoms with E-state index in [1.165, 1.54) is 0 Å². The Balaban J connectivity index is 1.75. The van der Waals surface area contributed by atoms with E-state index >= 15 is 0 Å². The molecule has 4 heteroatoms. The highest BCUT2D eigenvalue weighted by molar-refractivity contribution is 5.85. The molecule has 4 aromatic rings. The van der Waals surface area contributed by atoms with Crippen LogP contribution in [0.15, 0.2) is 71.7 Å². The summed E-state index contributed by atoms with van der Waals surface area (Å²) in [6.07, 6.45) is 1.92. The molecule has 0 saturated carbocycles. The molecule has 4 nitrogen and oxygen atoms in total. The van der Waals surface area contributed by atoms with Crippen LogP contribution in [0.2, 0.25) is 0 Å². The summed E-state index contributed by atoms with van der Waals surface area (Å²) in [5.41, 5.74) is 5.18. The van der Waals surface area contributed by atoms with Crippen molar-refractivity contribution in [3.63, 3.8) is 0 Å². The van der Waals surface area contributed by atoms with Crippen molar-refractivity contribution in [2.75, 3.05) is 0 Å². The van der Waals surface area contributed by atoms with E-state index in [9.17, 15) is 4.79 Å². The number of aromatic amines is 1. The summed E-state index contributed by atoms with van der Waals surface area (Å²) < 4.78 is 1.74. The number of hydrogen-bond acceptors (Lipinski definition) is 2. The van der Waals surface area contributed by atoms with Gasteiger partial charge in [0.15, 0.2) is 0 Å². The van der Waals surface area contributed by atoms with E-state index in [1.54, 1.807) is 10.6 Å². The fourth-order valence-electron chi connectivity index (χ4n) is 2.94. The zero-order valence-electron chi connectivity index (χ0n) is 13.4. The monoisotopic (exact) mass is 315 g/mol. The fraction of sp³-hybridized carbons (Fsp3) is 0.100. The number of fused-ring (bicyclic) bond motifs is 1. The predicted molar refractivity (Wildman–Crippen MR) is 96.1 cm³/mol. The van der Waals surface area contributed by atoms with E-state index in [0.29, 0.717) is 6.54 Å². The van der Waals surface area contributed by atoms with E-state index in [2.05, 4.69) is 28.4 Å². The second-order valence-corrected chi connectivity index (χ2v) is 5.94. The van der Waals surface area contributed by atoms with Gasteiger partial charge in [-0.15, -0.1) is 0 Å². The van der Waals surface area contributed by atoms with E-state index in [-0.39, 0.29) is 5.56 Å². The number of aromatic nitrogens is 3. The number of pyridine rings is 1. The molecule has 2 aromatic carbocycles. The molecular weight excluding hydrogens is 298 g/mol. The largest absolute Gasteiger partial charge is 0.310 e. The molecule has 0 unspecified atom stereocenters. The minimum Gasteiger partial charge on any atom is -0.310 e. The first-order valence-electron chi connectivity index (χ1n) is 7.90. The standard InChI is InChI=1S/C20H17N3O/c1-14-18-9-7-16(11-19(18)22-21-14)17-8-10-20(24)23(13-17)12-15-5-3-2-4-6-15/h2-11,13H,12H2,1H3,(H,21,22). The van der Waals surface area contributed by atoms with Crippen LogP contribution in [0.3, 0.4) is 0 Å². The Morgan fingerprint density at radius 3 is 2.62 bits per heavy atom. The molecule has 0 spiro atoms. The second-order valence-electron chi connectivity index (χ2n) is 5.94. The van der Waals surface area contributed by atoms with Crippen LogP contribution in [-0.2, 0) is 6.54 Å². The smallest absolute Gasteiger partial charge is 0.250 e. The minimum absolute atomic E-state index is 0.000987. The Morgan fingerprint density at radius 1 is 1.00 bits per heavy atom. The molecule has 0 amide bonds. The zero-order valence-corrected chi connectivity index (χ0v) is 13.4. The average Bonchev–Trinajstić information content (AvgIpc) is 2.98. The number of H-pyrrole nitrogens is 1. The molecule has 0 aliphatic carbocycles. The predicted octanol–water partition coefficient (Wildman–Crippen LogP) is 3.75. The average molecular weight is 315 g/mol. The lowest BCUT2D eigenvalue weighted by Crippen LogP contribution is -2.19. The van der Waals surface area contributed by atoms with Crippen molar-refractivity contribution in [1.82, 2.24) is 14.8 Å². The maximum Gasteiger partial charge on any atom is 0.250 e. The van der Waals surface area contributed by atoms with Crippen LogP contribution in [0.4, 0.5) is 0 Å². The van der Waals surface area contributed by atoms with Crippen molar-refractivity contribution in [2.45, 2.75) is 13.5 Å². The molecule has 0 bridgehead atoms. The third-order valence-electron chi connectivity index (χ3n) is 4.27. The lowest BCUT2D eigenvalue weighted by Gasteiger charge is -2.09. The van der Waals surface area contributed by atoms with Crippen LogP contribution >= 0.6 is 0 Å². The third kappa shape index (κ3) is 2.63. The lowest BCUT2D eigenvalue weighted by molar-refractivity contribution is 0.761. The molecule has 0 saturated heterocycles. The van der Waals surface area contributed by atoms with Crippen molar-refractivity contribution in [3.05, 3.63) is 88.5 Å². The summed E-state index contributed by atoms with van der Waals surface area (Å²) in [6, 6.07) is 19.7. The number of nitrogens with one attached hydrogen (secondary N) is 1. The maximum atomic E-state index is 12.2. The Morgan fingerprint density at radius 2 is 1.79 bits per heavy atom. The molecule has 1 N–H and O–H groups in total. The van der Waals surface area contributed by atoms with Gasteiger partial charge in [0.25, 0.3) is 5.56 Å². The van der Waals surface area contributed by atoms with E-state index in [0.717, 1.165) is 33.3 Å². The minimum atomic E-state index is 0.000987. The summed E-state index contributed by atoms with van der Waals surface area (Å²) >= 11 is 0. The zero-order chi connectivity index (χ0) is 16.5. The van der Waals surface area contributed by atoms with Gasteiger partial charge in [-0.05, 0) is 35.7 Å². The van der Waals surface area contributed by atoms with Crippen LogP contribution in [0.1, 0.15) is 11.3 Å². The first kappa shape index (κ1) is 14.5. The highest BCUT2D eigenvalue weighted by Crippen LogP contribution is 2.24. The normalized spacial score (nSPS) is 11.0. The van der Waals surface area contributed by atoms with Crippen LogP contribution in [0.5, 0.6) is 0 Å². The van der Waals surface area contributed by atoms with Crippen molar-refractivity contribution >= 4 is 10.9 Å². The Kier molecular flexibility index (Phi) is 3.50. The molecule has 0 atom stereocenters. The van der Waals surface area contributed by atoms with Crippen molar-refractivity contribution in [1.29, 1.82) is 0 Å². The third-order valence-corrected chi connectivity index (χ3v) is 4.27. The summed E-state index contributed by atoms with van der Waals surface area (Å²) in [5, 5.41) is 8.40. The quantitative estimate of drug-likeness (QED) is 0.626. The second kappa shape index (κ2) is 5.81. The Hall–Kier alpha value is -3.14. The molecule has 0 radical (unpaired) electrons. The molecule has 2 aromatic heterocycles. The molecule has 24 heavy (non-hydrogen) atoms. The van der Waals surface area contributed by atoms with Crippen LogP contribution in [-0.4, -0.2) is 14.8 Å². The summed E-state index contributed by atoms with van der Waals surface area (Å²) in [7, 11) is 0. The fourth-order valence-corrected chi connectivity index (χ4v) is 2.94. The summed E-state index contributed by atoms with van der Waals surface area (Å²) in [6.45, 7) is 2.55. The van der Waals surface area contributed by atoms with Gasteiger partial charge in [-0.25, -0.2) is 0 Å². The van der Waals surface area contributed by atoms with E-state index < -0.39 is 0 Å². The molecule has 0 fully saturated rings. The summed E-state index contributed by atoms with van der Waals surface area (Å²) in [4.78, 5) is 12.2. The van der Waals surface area contributed by atoms with Gasteiger partial charge in [-0.3, -0.25) is 9.89 Å². The first-order chi connectivity index (χ1) is 11.7. The molecule has 0 aliphatic rings. The van der Waals surface area contributed by atoms with Gasteiger partial charge in [0.2, 0.25) is 0 Å². The molecule has 118 valence electrons. The number of rotatable bonds is 3. The van der Waals surface area contributed by atoms with Gasteiger partial charge in [0.05, 0.1) is 17.8 Å². The summed E-state index contributed by atoms with van der Waals surface area (Å²) in [5.74, 6) is 0. The van der Waals surface area contributed by atoms with Gasteiger partial charge < -0.3 is 4.57 Å². The van der Waals surface area contributed by atoms with Crippen LogP contribution in [0.25, 0.3) is 22.0 Å². The maximum absolute atomic E-state index is 12.2. The SMILES string of the molecule is Cc1n[nH]c2cc(-c3ccc(=O)n(Cc4ccccc4)c3)ccc12. The molecular formula is C20H17N3O. The van der Waals surface area contributed by atoms with Crippen LogP contribution in [0, 0.1) is 6.92 Å². The van der Waals surface area contributed by atoms with Crippen molar-refractivity contribution in [3.8, 4) is 11.1 Å². The Bertz CT molecular complexity index is 1060. The van der Waals surface area contributed by atoms with Gasteiger partial charge in [0.1, 0.15) is 0 Å². The number of nitrogens with zero attached hydrogens (tertiary/aromatic N) is 2. The molecule has 0 aliphatic heterocycles.